The highest BCUT2D eigenvalue weighted by Gasteiger charge is 1.94. The van der Waals surface area contributed by atoms with E-state index >= 15 is 0 Å². The van der Waals surface area contributed by atoms with Crippen LogP contribution in [0.5, 0.6) is 11.5 Å². The Labute approximate surface area is 133 Å². The molecule has 0 saturated carbocycles. The van der Waals surface area contributed by atoms with Gasteiger partial charge in [-0.05, 0) is 41.8 Å². The first-order valence-corrected chi connectivity index (χ1v) is 7.87. The molecule has 0 aromatic heterocycles. The Kier molecular flexibility index (Phi) is 6.56. The summed E-state index contributed by atoms with van der Waals surface area (Å²) in [7, 11) is 1.68. The summed E-state index contributed by atoms with van der Waals surface area (Å²) in [5, 5.41) is 0. The number of unbranched alkanes of at least 4 members (excludes halogenated alkanes) is 2. The Bertz CT molecular complexity index is 568. The molecule has 2 rings (SSSR count). The molecule has 0 spiro atoms. The first-order chi connectivity index (χ1) is 10.8. The Hall–Kier alpha value is -2.22. The molecule has 0 radical (unpaired) electrons. The van der Waals surface area contributed by atoms with Crippen LogP contribution in [-0.4, -0.2) is 13.7 Å². The van der Waals surface area contributed by atoms with Crippen LogP contribution in [0, 0.1) is 0 Å². The smallest absolute Gasteiger partial charge is 0.119 e. The van der Waals surface area contributed by atoms with Gasteiger partial charge in [-0.2, -0.15) is 0 Å². The van der Waals surface area contributed by atoms with Gasteiger partial charge in [0.2, 0.25) is 0 Å². The number of benzene rings is 2. The summed E-state index contributed by atoms with van der Waals surface area (Å²) in [5.74, 6) is 1.82. The van der Waals surface area contributed by atoms with E-state index in [1.165, 1.54) is 12.8 Å². The van der Waals surface area contributed by atoms with Gasteiger partial charge in [0.1, 0.15) is 11.5 Å². The van der Waals surface area contributed by atoms with Crippen LogP contribution in [0.4, 0.5) is 0 Å². The van der Waals surface area contributed by atoms with Crippen molar-refractivity contribution in [1.29, 1.82) is 0 Å². The van der Waals surface area contributed by atoms with Gasteiger partial charge in [-0.3, -0.25) is 0 Å². The summed E-state index contributed by atoms with van der Waals surface area (Å²) in [6, 6.07) is 16.2. The van der Waals surface area contributed by atoms with Crippen LogP contribution in [0.3, 0.4) is 0 Å². The van der Waals surface area contributed by atoms with Crippen molar-refractivity contribution >= 4 is 12.2 Å². The van der Waals surface area contributed by atoms with Crippen molar-refractivity contribution in [1.82, 2.24) is 0 Å². The van der Waals surface area contributed by atoms with Crippen molar-refractivity contribution in [2.24, 2.45) is 0 Å². The lowest BCUT2D eigenvalue weighted by molar-refractivity contribution is 0.306. The molecule has 0 atom stereocenters. The molecule has 2 nitrogen and oxygen atoms in total. The lowest BCUT2D eigenvalue weighted by atomic mass is 10.1. The standard InChI is InChI=1S/C20H24O2/c1-3-4-5-16-22-20-14-10-18(11-15-20)7-6-17-8-12-19(21-2)13-9-17/h6-15H,3-5,16H2,1-2H3/b7-6+. The average Bonchev–Trinajstić information content (AvgIpc) is 2.58. The van der Waals surface area contributed by atoms with Gasteiger partial charge in [0.15, 0.2) is 0 Å². The van der Waals surface area contributed by atoms with Gasteiger partial charge in [-0.25, -0.2) is 0 Å². The molecule has 0 unspecified atom stereocenters. The molecule has 116 valence electrons. The van der Waals surface area contributed by atoms with Crippen molar-refractivity contribution in [3.8, 4) is 11.5 Å². The summed E-state index contributed by atoms with van der Waals surface area (Å²) in [4.78, 5) is 0. The first-order valence-electron chi connectivity index (χ1n) is 7.87. The second-order valence-corrected chi connectivity index (χ2v) is 5.23. The Morgan fingerprint density at radius 1 is 0.773 bits per heavy atom. The van der Waals surface area contributed by atoms with E-state index in [0.717, 1.165) is 35.7 Å². The second kappa shape index (κ2) is 8.93. The van der Waals surface area contributed by atoms with E-state index in [0.29, 0.717) is 0 Å². The fourth-order valence-electron chi connectivity index (χ4n) is 2.12. The summed E-state index contributed by atoms with van der Waals surface area (Å²) < 4.78 is 10.9. The first kappa shape index (κ1) is 16.2. The van der Waals surface area contributed by atoms with E-state index in [9.17, 15) is 0 Å². The van der Waals surface area contributed by atoms with Crippen LogP contribution >= 0.6 is 0 Å². The minimum Gasteiger partial charge on any atom is -0.497 e. The third kappa shape index (κ3) is 5.28. The summed E-state index contributed by atoms with van der Waals surface area (Å²) in [5.41, 5.74) is 2.32. The summed E-state index contributed by atoms with van der Waals surface area (Å²) in [6.45, 7) is 3.00. The SMILES string of the molecule is CCCCCOc1ccc(/C=C/c2ccc(OC)cc2)cc1. The predicted octanol–water partition coefficient (Wildman–Crippen LogP) is 5.43. The lowest BCUT2D eigenvalue weighted by Gasteiger charge is -2.05. The van der Waals surface area contributed by atoms with E-state index in [4.69, 9.17) is 9.47 Å². The topological polar surface area (TPSA) is 18.5 Å². The van der Waals surface area contributed by atoms with E-state index in [-0.39, 0.29) is 0 Å². The van der Waals surface area contributed by atoms with Crippen molar-refractivity contribution in [3.63, 3.8) is 0 Å². The normalized spacial score (nSPS) is 10.8. The van der Waals surface area contributed by atoms with Gasteiger partial charge in [-0.1, -0.05) is 56.2 Å². The fourth-order valence-corrected chi connectivity index (χ4v) is 2.12. The Morgan fingerprint density at radius 2 is 1.32 bits per heavy atom. The molecule has 2 heteroatoms. The zero-order valence-electron chi connectivity index (χ0n) is 13.4. The monoisotopic (exact) mass is 296 g/mol. The van der Waals surface area contributed by atoms with E-state index in [2.05, 4.69) is 31.2 Å². The molecule has 0 bridgehead atoms. The number of rotatable bonds is 8. The van der Waals surface area contributed by atoms with Gasteiger partial charge in [0.25, 0.3) is 0 Å². The van der Waals surface area contributed by atoms with Crippen molar-refractivity contribution in [2.75, 3.05) is 13.7 Å². The van der Waals surface area contributed by atoms with Crippen molar-refractivity contribution in [2.45, 2.75) is 26.2 Å². The molecule has 2 aromatic rings. The minimum atomic E-state index is 0.800. The zero-order chi connectivity index (χ0) is 15.6. The van der Waals surface area contributed by atoms with Crippen LogP contribution in [0.1, 0.15) is 37.3 Å². The van der Waals surface area contributed by atoms with Crippen molar-refractivity contribution in [3.05, 3.63) is 59.7 Å². The highest BCUT2D eigenvalue weighted by atomic mass is 16.5. The Balaban J connectivity index is 1.88. The predicted molar refractivity (Wildman–Crippen MR) is 93.4 cm³/mol. The average molecular weight is 296 g/mol. The molecule has 0 N–H and O–H groups in total. The third-order valence-electron chi connectivity index (χ3n) is 3.48. The van der Waals surface area contributed by atoms with Crippen LogP contribution in [0.15, 0.2) is 48.5 Å². The molecule has 0 aliphatic heterocycles. The van der Waals surface area contributed by atoms with Crippen LogP contribution in [0.2, 0.25) is 0 Å². The minimum absolute atomic E-state index is 0.800. The van der Waals surface area contributed by atoms with Gasteiger partial charge in [0, 0.05) is 0 Å². The molecule has 0 amide bonds. The zero-order valence-corrected chi connectivity index (χ0v) is 13.4. The molecule has 0 fully saturated rings. The lowest BCUT2D eigenvalue weighted by Crippen LogP contribution is -1.96. The maximum absolute atomic E-state index is 5.71. The highest BCUT2D eigenvalue weighted by Crippen LogP contribution is 2.16. The largest absolute Gasteiger partial charge is 0.497 e. The molecule has 0 aliphatic rings. The second-order valence-electron chi connectivity index (χ2n) is 5.23. The molecule has 2 aromatic carbocycles. The maximum atomic E-state index is 5.71. The molecule has 0 aliphatic carbocycles. The maximum Gasteiger partial charge on any atom is 0.119 e. The molecule has 0 saturated heterocycles. The number of hydrogen-bond donors (Lipinski definition) is 0. The molecular weight excluding hydrogens is 272 g/mol. The molecular formula is C20H24O2. The van der Waals surface area contributed by atoms with Crippen LogP contribution in [-0.2, 0) is 0 Å². The van der Waals surface area contributed by atoms with Crippen LogP contribution in [0.25, 0.3) is 12.2 Å². The molecule has 0 heterocycles. The van der Waals surface area contributed by atoms with Gasteiger partial charge >= 0.3 is 0 Å². The fraction of sp³-hybridized carbons (Fsp3) is 0.300. The quantitative estimate of drug-likeness (QED) is 0.477. The Morgan fingerprint density at radius 3 is 1.82 bits per heavy atom. The van der Waals surface area contributed by atoms with Gasteiger partial charge in [-0.15, -0.1) is 0 Å². The number of ether oxygens (including phenoxy) is 2. The number of methoxy groups -OCH3 is 1. The molecule has 22 heavy (non-hydrogen) atoms. The van der Waals surface area contributed by atoms with Crippen molar-refractivity contribution < 1.29 is 9.47 Å². The van der Waals surface area contributed by atoms with Gasteiger partial charge < -0.3 is 9.47 Å². The summed E-state index contributed by atoms with van der Waals surface area (Å²) >= 11 is 0. The van der Waals surface area contributed by atoms with E-state index in [1.807, 2.05) is 36.4 Å². The van der Waals surface area contributed by atoms with Crippen LogP contribution < -0.4 is 9.47 Å². The summed E-state index contributed by atoms with van der Waals surface area (Å²) in [6.07, 6.45) is 7.76. The third-order valence-corrected chi connectivity index (χ3v) is 3.48. The van der Waals surface area contributed by atoms with E-state index < -0.39 is 0 Å². The highest BCUT2D eigenvalue weighted by molar-refractivity contribution is 5.70. The van der Waals surface area contributed by atoms with Gasteiger partial charge in [0.05, 0.1) is 13.7 Å². The number of hydrogen-bond acceptors (Lipinski definition) is 2. The van der Waals surface area contributed by atoms with E-state index in [1.54, 1.807) is 7.11 Å².